The number of amides is 2. The van der Waals surface area contributed by atoms with Gasteiger partial charge in [0, 0.05) is 17.0 Å². The molecule has 0 aliphatic carbocycles. The van der Waals surface area contributed by atoms with Crippen molar-refractivity contribution in [2.45, 2.75) is 12.8 Å². The van der Waals surface area contributed by atoms with Crippen LogP contribution in [0.5, 0.6) is 0 Å². The first-order chi connectivity index (χ1) is 15.7. The summed E-state index contributed by atoms with van der Waals surface area (Å²) >= 11 is 1.49. The minimum atomic E-state index is -0.0561. The van der Waals surface area contributed by atoms with E-state index in [2.05, 4.69) is 20.5 Å². The number of nitrogens with one attached hydrogen (secondary N) is 2. The lowest BCUT2D eigenvalue weighted by molar-refractivity contribution is -0.121. The Bertz CT molecular complexity index is 1240. The molecular weight excluding hydrogens is 420 g/mol. The van der Waals surface area contributed by atoms with Crippen molar-refractivity contribution in [1.82, 2.24) is 9.88 Å². The van der Waals surface area contributed by atoms with Gasteiger partial charge in [-0.1, -0.05) is 59.9 Å². The molecule has 1 fully saturated rings. The molecular formula is C25H24N4O2S. The van der Waals surface area contributed by atoms with Gasteiger partial charge in [-0.25, -0.2) is 4.98 Å². The number of hydrogen-bond acceptors (Lipinski definition) is 5. The normalized spacial score (nSPS) is 15.1. The monoisotopic (exact) mass is 444 g/mol. The van der Waals surface area contributed by atoms with Crippen molar-refractivity contribution in [3.05, 3.63) is 66.7 Å². The van der Waals surface area contributed by atoms with E-state index in [1.165, 1.54) is 11.3 Å². The Kier molecular flexibility index (Phi) is 5.83. The number of aromatic nitrogens is 1. The molecule has 3 aromatic carbocycles. The van der Waals surface area contributed by atoms with Crippen LogP contribution in [0.25, 0.3) is 21.0 Å². The van der Waals surface area contributed by atoms with Gasteiger partial charge >= 0.3 is 0 Å². The molecule has 7 heteroatoms. The minimum absolute atomic E-state index is 0.0175. The molecule has 2 amide bonds. The molecule has 162 valence electrons. The van der Waals surface area contributed by atoms with E-state index in [1.54, 1.807) is 0 Å². The molecule has 0 spiro atoms. The van der Waals surface area contributed by atoms with E-state index in [-0.39, 0.29) is 17.7 Å². The van der Waals surface area contributed by atoms with Crippen molar-refractivity contribution >= 4 is 55.0 Å². The van der Waals surface area contributed by atoms with E-state index in [1.807, 2.05) is 66.7 Å². The third-order valence-electron chi connectivity index (χ3n) is 5.91. The predicted molar refractivity (Wildman–Crippen MR) is 130 cm³/mol. The molecule has 1 aliphatic rings. The molecule has 1 aliphatic heterocycles. The second-order valence-electron chi connectivity index (χ2n) is 8.10. The standard InChI is InChI=1S/C25H24N4O2S/c30-23(26-20-10-5-7-17-6-1-2-8-19(17)20)16-29-14-12-18(13-15-29)24(31)28-25-27-21-9-3-4-11-22(21)32-25/h1-11,18H,12-16H2,(H,26,30)(H,27,28,31). The van der Waals surface area contributed by atoms with E-state index < -0.39 is 0 Å². The summed E-state index contributed by atoms with van der Waals surface area (Å²) < 4.78 is 1.06. The zero-order valence-electron chi connectivity index (χ0n) is 17.6. The van der Waals surface area contributed by atoms with Gasteiger partial charge in [0.2, 0.25) is 11.8 Å². The van der Waals surface area contributed by atoms with Crippen LogP contribution in [0.2, 0.25) is 0 Å². The van der Waals surface area contributed by atoms with Crippen LogP contribution in [-0.4, -0.2) is 41.3 Å². The minimum Gasteiger partial charge on any atom is -0.324 e. The molecule has 0 radical (unpaired) electrons. The summed E-state index contributed by atoms with van der Waals surface area (Å²) in [6.45, 7) is 1.78. The maximum atomic E-state index is 12.7. The molecule has 6 nitrogen and oxygen atoms in total. The zero-order valence-corrected chi connectivity index (χ0v) is 18.4. The van der Waals surface area contributed by atoms with Gasteiger partial charge in [0.25, 0.3) is 0 Å². The molecule has 4 aromatic rings. The number of thiazole rings is 1. The number of benzene rings is 3. The fraction of sp³-hybridized carbons (Fsp3) is 0.240. The number of piperidine rings is 1. The van der Waals surface area contributed by atoms with Crippen molar-refractivity contribution in [1.29, 1.82) is 0 Å². The summed E-state index contributed by atoms with van der Waals surface area (Å²) in [7, 11) is 0. The molecule has 0 atom stereocenters. The first kappa shape index (κ1) is 20.6. The predicted octanol–water partition coefficient (Wildman–Crippen LogP) is 4.74. The Hall–Kier alpha value is -3.29. The van der Waals surface area contributed by atoms with Crippen molar-refractivity contribution < 1.29 is 9.59 Å². The summed E-state index contributed by atoms with van der Waals surface area (Å²) in [6.07, 6.45) is 1.47. The van der Waals surface area contributed by atoms with Crippen LogP contribution >= 0.6 is 11.3 Å². The van der Waals surface area contributed by atoms with Gasteiger partial charge < -0.3 is 10.6 Å². The number of nitrogens with zero attached hydrogens (tertiary/aromatic N) is 2. The van der Waals surface area contributed by atoms with Gasteiger partial charge in [-0.05, 0) is 49.5 Å². The molecule has 0 saturated carbocycles. The highest BCUT2D eigenvalue weighted by Gasteiger charge is 2.26. The maximum Gasteiger partial charge on any atom is 0.238 e. The molecule has 0 unspecified atom stereocenters. The lowest BCUT2D eigenvalue weighted by Crippen LogP contribution is -2.41. The van der Waals surface area contributed by atoms with Crippen molar-refractivity contribution in [3.63, 3.8) is 0 Å². The van der Waals surface area contributed by atoms with Gasteiger partial charge in [-0.3, -0.25) is 14.5 Å². The Morgan fingerprint density at radius 1 is 0.938 bits per heavy atom. The molecule has 5 rings (SSSR count). The molecule has 0 bridgehead atoms. The van der Waals surface area contributed by atoms with Crippen LogP contribution in [-0.2, 0) is 9.59 Å². The number of anilines is 2. The molecule has 32 heavy (non-hydrogen) atoms. The van der Waals surface area contributed by atoms with Crippen LogP contribution < -0.4 is 10.6 Å². The number of likely N-dealkylation sites (tertiary alicyclic amines) is 1. The smallest absolute Gasteiger partial charge is 0.238 e. The second kappa shape index (κ2) is 9.06. The van der Waals surface area contributed by atoms with Crippen molar-refractivity contribution in [2.75, 3.05) is 30.3 Å². The first-order valence-corrected chi connectivity index (χ1v) is 11.6. The maximum absolute atomic E-state index is 12.7. The van der Waals surface area contributed by atoms with Gasteiger partial charge in [0.1, 0.15) is 0 Å². The zero-order chi connectivity index (χ0) is 21.9. The average Bonchev–Trinajstić information content (AvgIpc) is 3.22. The van der Waals surface area contributed by atoms with E-state index in [0.717, 1.165) is 52.6 Å². The highest BCUT2D eigenvalue weighted by atomic mass is 32.1. The number of carbonyl (C=O) groups excluding carboxylic acids is 2. The molecule has 2 heterocycles. The van der Waals surface area contributed by atoms with Crippen LogP contribution in [0.1, 0.15) is 12.8 Å². The van der Waals surface area contributed by atoms with E-state index in [0.29, 0.717) is 11.7 Å². The summed E-state index contributed by atoms with van der Waals surface area (Å²) in [5.41, 5.74) is 1.73. The number of rotatable bonds is 5. The molecule has 1 aromatic heterocycles. The van der Waals surface area contributed by atoms with Gasteiger partial charge in [0.05, 0.1) is 16.8 Å². The van der Waals surface area contributed by atoms with Crippen LogP contribution in [0, 0.1) is 5.92 Å². The largest absolute Gasteiger partial charge is 0.324 e. The fourth-order valence-electron chi connectivity index (χ4n) is 4.21. The molecule has 2 N–H and O–H groups in total. The van der Waals surface area contributed by atoms with Crippen LogP contribution in [0.3, 0.4) is 0 Å². The fourth-order valence-corrected chi connectivity index (χ4v) is 5.08. The quantitative estimate of drug-likeness (QED) is 0.466. The van der Waals surface area contributed by atoms with Gasteiger partial charge in [0.15, 0.2) is 5.13 Å². The highest BCUT2D eigenvalue weighted by Crippen LogP contribution is 2.27. The number of carbonyl (C=O) groups is 2. The Labute approximate surface area is 190 Å². The van der Waals surface area contributed by atoms with Crippen LogP contribution in [0.4, 0.5) is 10.8 Å². The topological polar surface area (TPSA) is 74.3 Å². The summed E-state index contributed by atoms with van der Waals surface area (Å²) in [6, 6.07) is 21.8. The summed E-state index contributed by atoms with van der Waals surface area (Å²) in [5, 5.41) is 8.81. The average molecular weight is 445 g/mol. The summed E-state index contributed by atoms with van der Waals surface area (Å²) in [5.74, 6) is -0.0676. The molecule has 1 saturated heterocycles. The van der Waals surface area contributed by atoms with E-state index in [9.17, 15) is 9.59 Å². The summed E-state index contributed by atoms with van der Waals surface area (Å²) in [4.78, 5) is 31.9. The first-order valence-electron chi connectivity index (χ1n) is 10.8. The third kappa shape index (κ3) is 4.49. The van der Waals surface area contributed by atoms with Gasteiger partial charge in [-0.2, -0.15) is 0 Å². The van der Waals surface area contributed by atoms with Crippen LogP contribution in [0.15, 0.2) is 66.7 Å². The van der Waals surface area contributed by atoms with E-state index >= 15 is 0 Å². The lowest BCUT2D eigenvalue weighted by Gasteiger charge is -2.30. The Balaban J connectivity index is 1.13. The van der Waals surface area contributed by atoms with Crippen molar-refractivity contribution in [3.8, 4) is 0 Å². The van der Waals surface area contributed by atoms with E-state index in [4.69, 9.17) is 0 Å². The van der Waals surface area contributed by atoms with Gasteiger partial charge in [-0.15, -0.1) is 0 Å². The highest BCUT2D eigenvalue weighted by molar-refractivity contribution is 7.22. The second-order valence-corrected chi connectivity index (χ2v) is 9.13. The van der Waals surface area contributed by atoms with Crippen molar-refractivity contribution in [2.24, 2.45) is 5.92 Å². The SMILES string of the molecule is O=C(CN1CCC(C(=O)Nc2nc3ccccc3s2)CC1)Nc1cccc2ccccc12. The third-order valence-corrected chi connectivity index (χ3v) is 6.87. The Morgan fingerprint density at radius 2 is 1.69 bits per heavy atom. The number of para-hydroxylation sites is 1. The number of hydrogen-bond donors (Lipinski definition) is 2. The lowest BCUT2D eigenvalue weighted by atomic mass is 9.96. The number of fused-ring (bicyclic) bond motifs is 2. The Morgan fingerprint density at radius 3 is 2.53 bits per heavy atom.